The highest BCUT2D eigenvalue weighted by Gasteiger charge is 1.97. The standard InChI is InChI=1S/C10H21O/c1-4-5-6-7-8-9-10(2)11-3/h10H,2,4-9H2,1,3H3. The van der Waals surface area contributed by atoms with Crippen LogP contribution in [0, 0.1) is 6.92 Å². The van der Waals surface area contributed by atoms with E-state index in [1.54, 1.807) is 7.11 Å². The lowest BCUT2D eigenvalue weighted by Crippen LogP contribution is -2.03. The monoisotopic (exact) mass is 157 g/mol. The summed E-state index contributed by atoms with van der Waals surface area (Å²) in [6, 6.07) is 0. The predicted octanol–water partition coefficient (Wildman–Crippen LogP) is 3.20. The fourth-order valence-corrected chi connectivity index (χ4v) is 1.09. The van der Waals surface area contributed by atoms with Crippen molar-refractivity contribution < 1.29 is 4.74 Å². The molecule has 0 aromatic rings. The van der Waals surface area contributed by atoms with E-state index in [4.69, 9.17) is 4.74 Å². The SMILES string of the molecule is [CH2]C(CCCCCCC)OC. The van der Waals surface area contributed by atoms with Crippen molar-refractivity contribution in [1.82, 2.24) is 0 Å². The van der Waals surface area contributed by atoms with Gasteiger partial charge in [-0.25, -0.2) is 0 Å². The molecule has 0 saturated heterocycles. The molecule has 0 rings (SSSR count). The Bertz CT molecular complexity index is 71.3. The Labute approximate surface area is 71.1 Å². The molecular weight excluding hydrogens is 136 g/mol. The van der Waals surface area contributed by atoms with Crippen LogP contribution in [0.15, 0.2) is 0 Å². The first-order chi connectivity index (χ1) is 5.31. The normalized spacial score (nSPS) is 13.4. The van der Waals surface area contributed by atoms with Crippen molar-refractivity contribution in [2.75, 3.05) is 7.11 Å². The maximum absolute atomic E-state index is 5.05. The van der Waals surface area contributed by atoms with Gasteiger partial charge in [-0.3, -0.25) is 0 Å². The third-order valence-corrected chi connectivity index (χ3v) is 1.96. The molecule has 0 aliphatic heterocycles. The Morgan fingerprint density at radius 2 is 1.82 bits per heavy atom. The van der Waals surface area contributed by atoms with Crippen LogP contribution in [0.3, 0.4) is 0 Å². The fraction of sp³-hybridized carbons (Fsp3) is 0.900. The second-order valence-electron chi connectivity index (χ2n) is 3.06. The Balaban J connectivity index is 2.89. The lowest BCUT2D eigenvalue weighted by Gasteiger charge is -2.07. The van der Waals surface area contributed by atoms with Gasteiger partial charge in [0.2, 0.25) is 0 Å². The Morgan fingerprint density at radius 3 is 2.36 bits per heavy atom. The first-order valence-electron chi connectivity index (χ1n) is 4.67. The van der Waals surface area contributed by atoms with Crippen LogP contribution in [0.2, 0.25) is 0 Å². The van der Waals surface area contributed by atoms with Crippen LogP contribution in [0.5, 0.6) is 0 Å². The van der Waals surface area contributed by atoms with E-state index in [2.05, 4.69) is 13.8 Å². The third-order valence-electron chi connectivity index (χ3n) is 1.96. The quantitative estimate of drug-likeness (QED) is 0.516. The van der Waals surface area contributed by atoms with Gasteiger partial charge < -0.3 is 4.74 Å². The highest BCUT2D eigenvalue weighted by atomic mass is 16.5. The lowest BCUT2D eigenvalue weighted by atomic mass is 10.1. The predicted molar refractivity (Wildman–Crippen MR) is 49.5 cm³/mol. The van der Waals surface area contributed by atoms with E-state index in [9.17, 15) is 0 Å². The molecule has 0 saturated carbocycles. The maximum Gasteiger partial charge on any atom is 0.0572 e. The van der Waals surface area contributed by atoms with Gasteiger partial charge in [0, 0.05) is 7.11 Å². The van der Waals surface area contributed by atoms with Gasteiger partial charge in [-0.05, 0) is 13.3 Å². The number of hydrogen-bond acceptors (Lipinski definition) is 1. The van der Waals surface area contributed by atoms with Crippen molar-refractivity contribution >= 4 is 0 Å². The van der Waals surface area contributed by atoms with Crippen LogP contribution >= 0.6 is 0 Å². The van der Waals surface area contributed by atoms with E-state index >= 15 is 0 Å². The van der Waals surface area contributed by atoms with E-state index in [0.29, 0.717) is 0 Å². The Morgan fingerprint density at radius 1 is 1.18 bits per heavy atom. The number of ether oxygens (including phenoxy) is 1. The molecule has 0 bridgehead atoms. The molecule has 0 aromatic heterocycles. The first kappa shape index (κ1) is 11.0. The minimum Gasteiger partial charge on any atom is -0.381 e. The summed E-state index contributed by atoms with van der Waals surface area (Å²) in [4.78, 5) is 0. The first-order valence-corrected chi connectivity index (χ1v) is 4.67. The Hall–Kier alpha value is -0.0400. The minimum atomic E-state index is 0.205. The molecule has 0 aromatic carbocycles. The highest BCUT2D eigenvalue weighted by Crippen LogP contribution is 2.07. The van der Waals surface area contributed by atoms with Gasteiger partial charge in [0.15, 0.2) is 0 Å². The molecule has 0 N–H and O–H groups in total. The van der Waals surface area contributed by atoms with Gasteiger partial charge in [0.05, 0.1) is 6.10 Å². The summed E-state index contributed by atoms with van der Waals surface area (Å²) in [6.07, 6.45) is 7.97. The third kappa shape index (κ3) is 7.86. The highest BCUT2D eigenvalue weighted by molar-refractivity contribution is 4.58. The van der Waals surface area contributed by atoms with E-state index < -0.39 is 0 Å². The topological polar surface area (TPSA) is 9.23 Å². The molecule has 67 valence electrons. The smallest absolute Gasteiger partial charge is 0.0572 e. The number of methoxy groups -OCH3 is 1. The zero-order chi connectivity index (χ0) is 8.53. The van der Waals surface area contributed by atoms with Gasteiger partial charge in [0.25, 0.3) is 0 Å². The van der Waals surface area contributed by atoms with E-state index in [1.165, 1.54) is 32.1 Å². The van der Waals surface area contributed by atoms with Gasteiger partial charge >= 0.3 is 0 Å². The van der Waals surface area contributed by atoms with Gasteiger partial charge in [-0.1, -0.05) is 39.0 Å². The van der Waals surface area contributed by atoms with Crippen LogP contribution in [0.1, 0.15) is 45.4 Å². The molecule has 0 heterocycles. The minimum absolute atomic E-state index is 0.205. The maximum atomic E-state index is 5.05. The summed E-state index contributed by atoms with van der Waals surface area (Å²) >= 11 is 0. The molecule has 0 fully saturated rings. The summed E-state index contributed by atoms with van der Waals surface area (Å²) in [7, 11) is 1.73. The van der Waals surface area contributed by atoms with Crippen molar-refractivity contribution in [2.24, 2.45) is 0 Å². The van der Waals surface area contributed by atoms with Crippen molar-refractivity contribution in [1.29, 1.82) is 0 Å². The molecule has 0 amide bonds. The zero-order valence-corrected chi connectivity index (χ0v) is 7.94. The van der Waals surface area contributed by atoms with Crippen LogP contribution in [0.25, 0.3) is 0 Å². The largest absolute Gasteiger partial charge is 0.381 e. The van der Waals surface area contributed by atoms with Crippen molar-refractivity contribution in [3.63, 3.8) is 0 Å². The Kier molecular flexibility index (Phi) is 8.03. The van der Waals surface area contributed by atoms with E-state index in [0.717, 1.165) is 6.42 Å². The fourth-order valence-electron chi connectivity index (χ4n) is 1.09. The molecular formula is C10H21O. The van der Waals surface area contributed by atoms with Gasteiger partial charge in [0.1, 0.15) is 0 Å². The summed E-state index contributed by atoms with van der Waals surface area (Å²) in [5.74, 6) is 0. The van der Waals surface area contributed by atoms with E-state index in [1.807, 2.05) is 0 Å². The molecule has 1 nitrogen and oxygen atoms in total. The van der Waals surface area contributed by atoms with Crippen molar-refractivity contribution in [3.8, 4) is 0 Å². The number of rotatable bonds is 7. The summed E-state index contributed by atoms with van der Waals surface area (Å²) in [5.41, 5.74) is 0. The number of hydrogen-bond donors (Lipinski definition) is 0. The number of unbranched alkanes of at least 4 members (excludes halogenated alkanes) is 4. The summed E-state index contributed by atoms with van der Waals surface area (Å²) < 4.78 is 5.05. The van der Waals surface area contributed by atoms with E-state index in [-0.39, 0.29) is 6.10 Å². The summed E-state index contributed by atoms with van der Waals surface area (Å²) in [5, 5.41) is 0. The lowest BCUT2D eigenvalue weighted by molar-refractivity contribution is 0.129. The summed E-state index contributed by atoms with van der Waals surface area (Å²) in [6.45, 7) is 6.09. The van der Waals surface area contributed by atoms with Crippen LogP contribution < -0.4 is 0 Å². The average molecular weight is 157 g/mol. The molecule has 0 aliphatic rings. The average Bonchev–Trinajstić information content (AvgIpc) is 2.04. The molecule has 1 unspecified atom stereocenters. The second-order valence-corrected chi connectivity index (χ2v) is 3.06. The zero-order valence-electron chi connectivity index (χ0n) is 7.94. The molecule has 0 aliphatic carbocycles. The molecule has 0 spiro atoms. The molecule has 1 heteroatoms. The van der Waals surface area contributed by atoms with Gasteiger partial charge in [-0.2, -0.15) is 0 Å². The van der Waals surface area contributed by atoms with Crippen LogP contribution in [-0.2, 0) is 4.74 Å². The van der Waals surface area contributed by atoms with Crippen LogP contribution in [-0.4, -0.2) is 13.2 Å². The van der Waals surface area contributed by atoms with Gasteiger partial charge in [-0.15, -0.1) is 0 Å². The molecule has 1 atom stereocenters. The van der Waals surface area contributed by atoms with Crippen molar-refractivity contribution in [2.45, 2.75) is 51.6 Å². The molecule has 11 heavy (non-hydrogen) atoms. The van der Waals surface area contributed by atoms with Crippen molar-refractivity contribution in [3.05, 3.63) is 6.92 Å². The second kappa shape index (κ2) is 8.06. The molecule has 1 radical (unpaired) electrons. The van der Waals surface area contributed by atoms with Crippen LogP contribution in [0.4, 0.5) is 0 Å².